The fraction of sp³-hybridized carbons (Fsp3) is 0.333. The molecule has 0 saturated heterocycles. The van der Waals surface area contributed by atoms with Crippen LogP contribution in [0, 0.1) is 0 Å². The van der Waals surface area contributed by atoms with E-state index in [2.05, 4.69) is 10.6 Å². The molecule has 0 fully saturated rings. The Morgan fingerprint density at radius 2 is 2.11 bits per heavy atom. The third-order valence-corrected chi connectivity index (χ3v) is 2.21. The lowest BCUT2D eigenvalue weighted by Gasteiger charge is -2.07. The van der Waals surface area contributed by atoms with Crippen LogP contribution in [0.25, 0.3) is 0 Å². The van der Waals surface area contributed by atoms with Crippen molar-refractivity contribution < 1.29 is 19.4 Å². The molecular formula is C12H16N2O4. The summed E-state index contributed by atoms with van der Waals surface area (Å²) in [6, 6.07) is 6.94. The van der Waals surface area contributed by atoms with E-state index in [1.54, 1.807) is 7.11 Å². The van der Waals surface area contributed by atoms with E-state index < -0.39 is 5.97 Å². The molecule has 98 valence electrons. The summed E-state index contributed by atoms with van der Waals surface area (Å²) in [7, 11) is 1.57. The Balaban J connectivity index is 2.31. The highest BCUT2D eigenvalue weighted by Crippen LogP contribution is 2.11. The van der Waals surface area contributed by atoms with E-state index in [9.17, 15) is 9.59 Å². The number of benzene rings is 1. The van der Waals surface area contributed by atoms with Gasteiger partial charge in [0.05, 0.1) is 13.5 Å². The maximum atomic E-state index is 11.3. The predicted molar refractivity (Wildman–Crippen MR) is 65.5 cm³/mol. The van der Waals surface area contributed by atoms with Gasteiger partial charge >= 0.3 is 12.0 Å². The molecule has 0 heterocycles. The van der Waals surface area contributed by atoms with Crippen LogP contribution in [-0.2, 0) is 11.3 Å². The molecule has 0 bridgehead atoms. The van der Waals surface area contributed by atoms with Crippen LogP contribution in [0.15, 0.2) is 24.3 Å². The van der Waals surface area contributed by atoms with Crippen molar-refractivity contribution in [1.82, 2.24) is 10.6 Å². The third kappa shape index (κ3) is 5.20. The normalized spacial score (nSPS) is 9.61. The van der Waals surface area contributed by atoms with Gasteiger partial charge in [-0.2, -0.15) is 0 Å². The first-order valence-corrected chi connectivity index (χ1v) is 5.48. The molecule has 0 aromatic heterocycles. The van der Waals surface area contributed by atoms with Gasteiger partial charge in [-0.1, -0.05) is 12.1 Å². The average molecular weight is 252 g/mol. The van der Waals surface area contributed by atoms with Gasteiger partial charge in [0.15, 0.2) is 0 Å². The zero-order valence-corrected chi connectivity index (χ0v) is 10.1. The van der Waals surface area contributed by atoms with Crippen LogP contribution in [-0.4, -0.2) is 30.8 Å². The van der Waals surface area contributed by atoms with Crippen molar-refractivity contribution in [2.24, 2.45) is 0 Å². The first-order chi connectivity index (χ1) is 8.61. The third-order valence-electron chi connectivity index (χ3n) is 2.21. The Bertz CT molecular complexity index is 420. The predicted octanol–water partition coefficient (Wildman–Crippen LogP) is 0.969. The quantitative estimate of drug-likeness (QED) is 0.704. The van der Waals surface area contributed by atoms with Crippen LogP contribution in [0.1, 0.15) is 12.0 Å². The van der Waals surface area contributed by atoms with Gasteiger partial charge in [-0.05, 0) is 17.7 Å². The van der Waals surface area contributed by atoms with Gasteiger partial charge in [0.25, 0.3) is 0 Å². The smallest absolute Gasteiger partial charge is 0.315 e. The molecule has 0 aliphatic rings. The number of hydrogen-bond donors (Lipinski definition) is 3. The van der Waals surface area contributed by atoms with Crippen LogP contribution in [0.3, 0.4) is 0 Å². The van der Waals surface area contributed by atoms with Crippen molar-refractivity contribution in [2.75, 3.05) is 13.7 Å². The minimum absolute atomic E-state index is 0.0907. The standard InChI is InChI=1S/C12H16N2O4/c1-18-10-4-2-3-9(7-10)8-14-12(17)13-6-5-11(15)16/h2-4,7H,5-6,8H2,1H3,(H,15,16)(H2,13,14,17). The lowest BCUT2D eigenvalue weighted by Crippen LogP contribution is -2.36. The molecule has 0 unspecified atom stereocenters. The second-order valence-electron chi connectivity index (χ2n) is 3.60. The molecule has 1 aromatic rings. The Labute approximate surface area is 105 Å². The van der Waals surface area contributed by atoms with Crippen molar-refractivity contribution in [1.29, 1.82) is 0 Å². The summed E-state index contributed by atoms with van der Waals surface area (Å²) >= 11 is 0. The highest BCUT2D eigenvalue weighted by atomic mass is 16.5. The van der Waals surface area contributed by atoms with Crippen molar-refractivity contribution in [2.45, 2.75) is 13.0 Å². The van der Waals surface area contributed by atoms with Gasteiger partial charge in [-0.25, -0.2) is 4.79 Å². The summed E-state index contributed by atoms with van der Waals surface area (Å²) in [5.74, 6) is -0.219. The Morgan fingerprint density at radius 1 is 1.33 bits per heavy atom. The van der Waals surface area contributed by atoms with E-state index in [4.69, 9.17) is 9.84 Å². The minimum atomic E-state index is -0.942. The summed E-state index contributed by atoms with van der Waals surface area (Å²) in [5, 5.41) is 13.5. The number of carboxylic acid groups (broad SMARTS) is 1. The summed E-state index contributed by atoms with van der Waals surface area (Å²) in [6.07, 6.45) is -0.0907. The number of rotatable bonds is 6. The van der Waals surface area contributed by atoms with Crippen LogP contribution >= 0.6 is 0 Å². The van der Waals surface area contributed by atoms with E-state index >= 15 is 0 Å². The number of carbonyl (C=O) groups is 2. The van der Waals surface area contributed by atoms with E-state index in [0.717, 1.165) is 11.3 Å². The van der Waals surface area contributed by atoms with Gasteiger partial charge in [0.2, 0.25) is 0 Å². The number of hydrogen-bond acceptors (Lipinski definition) is 3. The van der Waals surface area contributed by atoms with Crippen LogP contribution in [0.4, 0.5) is 4.79 Å². The zero-order chi connectivity index (χ0) is 13.4. The van der Waals surface area contributed by atoms with Gasteiger partial charge in [0, 0.05) is 13.1 Å². The summed E-state index contributed by atoms with van der Waals surface area (Å²) in [4.78, 5) is 21.6. The SMILES string of the molecule is COc1cccc(CNC(=O)NCCC(=O)O)c1. The highest BCUT2D eigenvalue weighted by Gasteiger charge is 2.02. The van der Waals surface area contributed by atoms with Gasteiger partial charge in [-0.15, -0.1) is 0 Å². The molecule has 0 atom stereocenters. The molecule has 1 rings (SSSR count). The summed E-state index contributed by atoms with van der Waals surface area (Å²) in [6.45, 7) is 0.468. The van der Waals surface area contributed by atoms with E-state index in [1.165, 1.54) is 0 Å². The molecular weight excluding hydrogens is 236 g/mol. The lowest BCUT2D eigenvalue weighted by molar-refractivity contribution is -0.136. The fourth-order valence-corrected chi connectivity index (χ4v) is 1.31. The molecule has 0 aliphatic heterocycles. The molecule has 6 heteroatoms. The maximum Gasteiger partial charge on any atom is 0.315 e. The molecule has 3 N–H and O–H groups in total. The van der Waals surface area contributed by atoms with Crippen LogP contribution in [0.2, 0.25) is 0 Å². The molecule has 0 spiro atoms. The minimum Gasteiger partial charge on any atom is -0.497 e. The Hall–Kier alpha value is -2.24. The number of aliphatic carboxylic acids is 1. The number of urea groups is 1. The highest BCUT2D eigenvalue weighted by molar-refractivity contribution is 5.74. The molecule has 0 saturated carbocycles. The average Bonchev–Trinajstić information content (AvgIpc) is 2.36. The van der Waals surface area contributed by atoms with Gasteiger partial charge < -0.3 is 20.5 Å². The number of amides is 2. The van der Waals surface area contributed by atoms with Gasteiger partial charge in [0.1, 0.15) is 5.75 Å². The number of methoxy groups -OCH3 is 1. The monoisotopic (exact) mass is 252 g/mol. The summed E-state index contributed by atoms with van der Waals surface area (Å²) < 4.78 is 5.06. The topological polar surface area (TPSA) is 87.7 Å². The molecule has 0 aliphatic carbocycles. The Kier molecular flexibility index (Phi) is 5.50. The molecule has 18 heavy (non-hydrogen) atoms. The van der Waals surface area contributed by atoms with Crippen molar-refractivity contribution >= 4 is 12.0 Å². The summed E-state index contributed by atoms with van der Waals surface area (Å²) in [5.41, 5.74) is 0.905. The van der Waals surface area contributed by atoms with Gasteiger partial charge in [-0.3, -0.25) is 4.79 Å². The zero-order valence-electron chi connectivity index (χ0n) is 10.1. The van der Waals surface area contributed by atoms with Crippen molar-refractivity contribution in [3.8, 4) is 5.75 Å². The second kappa shape index (κ2) is 7.16. The molecule has 1 aromatic carbocycles. The number of ether oxygens (including phenoxy) is 1. The lowest BCUT2D eigenvalue weighted by atomic mass is 10.2. The first-order valence-electron chi connectivity index (χ1n) is 5.48. The van der Waals surface area contributed by atoms with E-state index in [-0.39, 0.29) is 19.0 Å². The molecule has 2 amide bonds. The number of carbonyl (C=O) groups excluding carboxylic acids is 1. The first kappa shape index (κ1) is 13.8. The van der Waals surface area contributed by atoms with Crippen LogP contribution in [0.5, 0.6) is 5.75 Å². The largest absolute Gasteiger partial charge is 0.497 e. The number of nitrogens with one attached hydrogen (secondary N) is 2. The Morgan fingerprint density at radius 3 is 2.78 bits per heavy atom. The van der Waals surface area contributed by atoms with E-state index in [0.29, 0.717) is 6.54 Å². The molecule has 6 nitrogen and oxygen atoms in total. The fourth-order valence-electron chi connectivity index (χ4n) is 1.31. The van der Waals surface area contributed by atoms with E-state index in [1.807, 2.05) is 24.3 Å². The van der Waals surface area contributed by atoms with Crippen molar-refractivity contribution in [3.63, 3.8) is 0 Å². The number of carboxylic acids is 1. The van der Waals surface area contributed by atoms with Crippen molar-refractivity contribution in [3.05, 3.63) is 29.8 Å². The maximum absolute atomic E-state index is 11.3. The molecule has 0 radical (unpaired) electrons. The second-order valence-corrected chi connectivity index (χ2v) is 3.60. The van der Waals surface area contributed by atoms with Crippen LogP contribution < -0.4 is 15.4 Å².